The Labute approximate surface area is 141 Å². The van der Waals surface area contributed by atoms with E-state index in [0.717, 1.165) is 0 Å². The Morgan fingerprint density at radius 1 is 1.39 bits per heavy atom. The highest BCUT2D eigenvalue weighted by molar-refractivity contribution is 7.78. The molecule has 1 aromatic carbocycles. The molecule has 0 aliphatic carbocycles. The van der Waals surface area contributed by atoms with Gasteiger partial charge in [-0.2, -0.15) is 0 Å². The molecule has 0 amide bonds. The van der Waals surface area contributed by atoms with Gasteiger partial charge in [-0.05, 0) is 42.3 Å². The summed E-state index contributed by atoms with van der Waals surface area (Å²) in [5.74, 6) is -0.781. The van der Waals surface area contributed by atoms with Crippen LogP contribution in [0.4, 0.5) is 4.39 Å². The average molecular weight is 339 g/mol. The second-order valence-corrected chi connectivity index (χ2v) is 6.53. The molecule has 1 aromatic rings. The maximum absolute atomic E-state index is 14.0. The van der Waals surface area contributed by atoms with E-state index in [4.69, 9.17) is 9.47 Å². The number of aliphatic imine (C=N–C) groups is 1. The number of carbonyl (C=O) groups is 1. The standard InChI is InChI=1S/C17H22FNO3S/c1-17(2,3)10-14(19-11-23)16(20)12-5-6-15(13(18)9-12)22-8-7-21-4/h5-6,9,14H,7-8,10H2,1-4H3. The predicted octanol–water partition coefficient (Wildman–Crippen LogP) is 3.94. The molecule has 0 fully saturated rings. The van der Waals surface area contributed by atoms with Crippen LogP contribution in [0.25, 0.3) is 0 Å². The molecular weight excluding hydrogens is 317 g/mol. The van der Waals surface area contributed by atoms with Gasteiger partial charge in [0.05, 0.1) is 11.8 Å². The molecule has 0 saturated heterocycles. The van der Waals surface area contributed by atoms with E-state index in [-0.39, 0.29) is 29.1 Å². The average Bonchev–Trinajstić information content (AvgIpc) is 2.46. The molecular formula is C17H22FNO3S. The van der Waals surface area contributed by atoms with E-state index in [9.17, 15) is 9.18 Å². The van der Waals surface area contributed by atoms with Crippen LogP contribution in [0.15, 0.2) is 23.2 Å². The second-order valence-electron chi connectivity index (χ2n) is 6.35. The number of isothiocyanates is 1. The largest absolute Gasteiger partial charge is 0.488 e. The summed E-state index contributed by atoms with van der Waals surface area (Å²) in [6.45, 7) is 6.60. The van der Waals surface area contributed by atoms with Crippen LogP contribution in [0.2, 0.25) is 0 Å². The summed E-state index contributed by atoms with van der Waals surface area (Å²) < 4.78 is 24.1. The number of hydrogen-bond donors (Lipinski definition) is 0. The summed E-state index contributed by atoms with van der Waals surface area (Å²) in [6.07, 6.45) is 0.503. The molecule has 126 valence electrons. The van der Waals surface area contributed by atoms with Gasteiger partial charge in [0.1, 0.15) is 12.6 Å². The Kier molecular flexibility index (Phi) is 7.49. The topological polar surface area (TPSA) is 47.9 Å². The van der Waals surface area contributed by atoms with Crippen molar-refractivity contribution in [3.05, 3.63) is 29.6 Å². The lowest BCUT2D eigenvalue weighted by atomic mass is 9.85. The molecule has 0 saturated carbocycles. The van der Waals surface area contributed by atoms with Crippen LogP contribution in [0.5, 0.6) is 5.75 Å². The molecule has 0 aliphatic heterocycles. The van der Waals surface area contributed by atoms with Gasteiger partial charge in [0.15, 0.2) is 17.3 Å². The minimum Gasteiger partial charge on any atom is -0.488 e. The Bertz CT molecular complexity index is 592. The lowest BCUT2D eigenvalue weighted by molar-refractivity contribution is 0.0939. The highest BCUT2D eigenvalue weighted by atomic mass is 32.1. The fraction of sp³-hybridized carbons (Fsp3) is 0.529. The number of hydrogen-bond acceptors (Lipinski definition) is 5. The molecule has 0 spiro atoms. The van der Waals surface area contributed by atoms with Crippen LogP contribution >= 0.6 is 12.2 Å². The first-order chi connectivity index (χ1) is 10.8. The number of halogens is 1. The van der Waals surface area contributed by atoms with Crippen LogP contribution in [0.1, 0.15) is 37.6 Å². The summed E-state index contributed by atoms with van der Waals surface area (Å²) in [5, 5.41) is 2.26. The first kappa shape index (κ1) is 19.4. The van der Waals surface area contributed by atoms with Crippen molar-refractivity contribution in [2.24, 2.45) is 10.4 Å². The number of carbonyl (C=O) groups excluding carboxylic acids is 1. The van der Waals surface area contributed by atoms with E-state index >= 15 is 0 Å². The number of ether oxygens (including phenoxy) is 2. The van der Waals surface area contributed by atoms with Gasteiger partial charge in [-0.15, -0.1) is 0 Å². The molecule has 0 bridgehead atoms. The molecule has 6 heteroatoms. The van der Waals surface area contributed by atoms with Crippen molar-refractivity contribution < 1.29 is 18.7 Å². The van der Waals surface area contributed by atoms with Crippen LogP contribution in [-0.2, 0) is 4.74 Å². The van der Waals surface area contributed by atoms with Crippen LogP contribution in [0, 0.1) is 11.2 Å². The maximum Gasteiger partial charge on any atom is 0.188 e. The van der Waals surface area contributed by atoms with Crippen molar-refractivity contribution in [1.82, 2.24) is 0 Å². The fourth-order valence-corrected chi connectivity index (χ4v) is 2.17. The first-order valence-electron chi connectivity index (χ1n) is 7.31. The van der Waals surface area contributed by atoms with Gasteiger partial charge in [-0.1, -0.05) is 20.8 Å². The summed E-state index contributed by atoms with van der Waals surface area (Å²) in [6, 6.07) is 3.47. The number of methoxy groups -OCH3 is 1. The van der Waals surface area contributed by atoms with Gasteiger partial charge in [0.25, 0.3) is 0 Å². The minimum absolute atomic E-state index is 0.0873. The van der Waals surface area contributed by atoms with Crippen molar-refractivity contribution in [3.8, 4) is 5.75 Å². The molecule has 0 N–H and O–H groups in total. The number of Topliss-reactive ketones (excluding diaryl/α,β-unsaturated/α-hetero) is 1. The zero-order chi connectivity index (χ0) is 17.5. The summed E-state index contributed by atoms with van der Waals surface area (Å²) in [5.41, 5.74) is 0.127. The Balaban J connectivity index is 2.93. The van der Waals surface area contributed by atoms with E-state index in [1.807, 2.05) is 20.8 Å². The lowest BCUT2D eigenvalue weighted by Crippen LogP contribution is -2.25. The molecule has 0 aromatic heterocycles. The predicted molar refractivity (Wildman–Crippen MR) is 91.0 cm³/mol. The van der Waals surface area contributed by atoms with Gasteiger partial charge in [0.2, 0.25) is 0 Å². The van der Waals surface area contributed by atoms with Crippen molar-refractivity contribution in [2.75, 3.05) is 20.3 Å². The number of thiocarbonyl (C=S) groups is 1. The van der Waals surface area contributed by atoms with Crippen molar-refractivity contribution >= 4 is 23.2 Å². The highest BCUT2D eigenvalue weighted by Gasteiger charge is 2.26. The van der Waals surface area contributed by atoms with E-state index in [1.54, 1.807) is 0 Å². The second kappa shape index (κ2) is 8.87. The number of nitrogens with zero attached hydrogens (tertiary/aromatic N) is 1. The molecule has 4 nitrogen and oxygen atoms in total. The summed E-state index contributed by atoms with van der Waals surface area (Å²) in [7, 11) is 1.54. The Hall–Kier alpha value is -1.62. The molecule has 23 heavy (non-hydrogen) atoms. The van der Waals surface area contributed by atoms with E-state index in [0.29, 0.717) is 13.0 Å². The van der Waals surface area contributed by atoms with Gasteiger partial charge in [0, 0.05) is 12.7 Å². The van der Waals surface area contributed by atoms with Crippen molar-refractivity contribution in [3.63, 3.8) is 0 Å². The minimum atomic E-state index is -0.660. The van der Waals surface area contributed by atoms with E-state index in [1.165, 1.54) is 25.3 Å². The number of benzene rings is 1. The van der Waals surface area contributed by atoms with Crippen LogP contribution < -0.4 is 4.74 Å². The molecule has 0 heterocycles. The van der Waals surface area contributed by atoms with Crippen molar-refractivity contribution in [2.45, 2.75) is 33.2 Å². The summed E-state index contributed by atoms with van der Waals surface area (Å²) in [4.78, 5) is 16.5. The molecule has 1 atom stereocenters. The number of rotatable bonds is 8. The van der Waals surface area contributed by atoms with E-state index in [2.05, 4.69) is 22.4 Å². The van der Waals surface area contributed by atoms with Gasteiger partial charge in [-0.25, -0.2) is 9.38 Å². The Morgan fingerprint density at radius 2 is 2.09 bits per heavy atom. The fourth-order valence-electron chi connectivity index (χ4n) is 2.04. The summed E-state index contributed by atoms with van der Waals surface area (Å²) >= 11 is 4.62. The lowest BCUT2D eigenvalue weighted by Gasteiger charge is -2.22. The van der Waals surface area contributed by atoms with Gasteiger partial charge >= 0.3 is 0 Å². The van der Waals surface area contributed by atoms with Gasteiger partial charge in [-0.3, -0.25) is 4.79 Å². The molecule has 1 rings (SSSR count). The normalized spacial score (nSPS) is 12.4. The highest BCUT2D eigenvalue weighted by Crippen LogP contribution is 2.26. The maximum atomic E-state index is 14.0. The third-order valence-corrected chi connectivity index (χ3v) is 3.18. The van der Waals surface area contributed by atoms with Gasteiger partial charge < -0.3 is 9.47 Å². The van der Waals surface area contributed by atoms with E-state index < -0.39 is 11.9 Å². The first-order valence-corrected chi connectivity index (χ1v) is 7.72. The molecule has 1 unspecified atom stereocenters. The quantitative estimate of drug-likeness (QED) is 0.311. The third kappa shape index (κ3) is 6.57. The third-order valence-electron chi connectivity index (χ3n) is 3.08. The number of ketones is 1. The van der Waals surface area contributed by atoms with Crippen LogP contribution in [-0.4, -0.2) is 37.3 Å². The zero-order valence-corrected chi connectivity index (χ0v) is 14.7. The SMILES string of the molecule is COCCOc1ccc(C(=O)C(CC(C)(C)C)N=C=S)cc1F. The Morgan fingerprint density at radius 3 is 2.61 bits per heavy atom. The molecule has 0 aliphatic rings. The zero-order valence-electron chi connectivity index (χ0n) is 13.9. The van der Waals surface area contributed by atoms with Crippen LogP contribution in [0.3, 0.4) is 0 Å². The monoisotopic (exact) mass is 339 g/mol. The molecule has 0 radical (unpaired) electrons. The smallest absolute Gasteiger partial charge is 0.188 e. The van der Waals surface area contributed by atoms with Crippen molar-refractivity contribution in [1.29, 1.82) is 0 Å².